The maximum atomic E-state index is 12.6. The molecule has 0 radical (unpaired) electrons. The lowest BCUT2D eigenvalue weighted by atomic mass is 10.1. The van der Waals surface area contributed by atoms with Crippen LogP contribution in [-0.2, 0) is 10.0 Å². The first kappa shape index (κ1) is 17.0. The summed E-state index contributed by atoms with van der Waals surface area (Å²) in [7, 11) is -3.69. The number of hydrogen-bond acceptors (Lipinski definition) is 4. The Morgan fingerprint density at radius 3 is 2.32 bits per heavy atom. The Morgan fingerprint density at radius 2 is 1.68 bits per heavy atom. The summed E-state index contributed by atoms with van der Waals surface area (Å²) in [6.07, 6.45) is 0.621. The van der Waals surface area contributed by atoms with Gasteiger partial charge in [-0.05, 0) is 67.4 Å². The summed E-state index contributed by atoms with van der Waals surface area (Å²) in [5, 5.41) is 0. The van der Waals surface area contributed by atoms with Gasteiger partial charge in [0.1, 0.15) is 5.76 Å². The summed E-state index contributed by atoms with van der Waals surface area (Å²) in [6, 6.07) is 15.1. The molecule has 1 heterocycles. The van der Waals surface area contributed by atoms with Crippen molar-refractivity contribution >= 4 is 22.0 Å². The standard InChI is InChI=1S/C19H17NO4S/c1-13-3-4-14(2)18(11-13)20-25(22,23)17-8-5-15(6-9-17)19-10-7-16(12-21)24-19/h3-12,20H,1-2H3. The van der Waals surface area contributed by atoms with E-state index in [1.807, 2.05) is 26.0 Å². The van der Waals surface area contributed by atoms with E-state index < -0.39 is 10.0 Å². The molecule has 0 saturated heterocycles. The second-order valence-corrected chi connectivity index (χ2v) is 7.45. The van der Waals surface area contributed by atoms with E-state index in [0.717, 1.165) is 11.1 Å². The Balaban J connectivity index is 1.87. The maximum absolute atomic E-state index is 12.6. The molecule has 128 valence electrons. The first-order valence-electron chi connectivity index (χ1n) is 7.64. The Bertz CT molecular complexity index is 1020. The van der Waals surface area contributed by atoms with Crippen molar-refractivity contribution in [3.63, 3.8) is 0 Å². The van der Waals surface area contributed by atoms with Crippen LogP contribution in [0.5, 0.6) is 0 Å². The molecule has 0 saturated carbocycles. The van der Waals surface area contributed by atoms with Gasteiger partial charge in [-0.2, -0.15) is 0 Å². The van der Waals surface area contributed by atoms with Gasteiger partial charge in [0, 0.05) is 5.56 Å². The minimum atomic E-state index is -3.69. The quantitative estimate of drug-likeness (QED) is 0.697. The molecule has 1 N–H and O–H groups in total. The summed E-state index contributed by atoms with van der Waals surface area (Å²) >= 11 is 0. The molecule has 0 aliphatic heterocycles. The monoisotopic (exact) mass is 355 g/mol. The Labute approximate surface area is 146 Å². The number of aldehydes is 1. The van der Waals surface area contributed by atoms with E-state index >= 15 is 0 Å². The SMILES string of the molecule is Cc1ccc(C)c(NS(=O)(=O)c2ccc(-c3ccc(C=O)o3)cc2)c1. The van der Waals surface area contributed by atoms with E-state index in [9.17, 15) is 13.2 Å². The summed E-state index contributed by atoms with van der Waals surface area (Å²) in [6.45, 7) is 3.75. The molecule has 1 aromatic heterocycles. The molecule has 5 nitrogen and oxygen atoms in total. The fraction of sp³-hybridized carbons (Fsp3) is 0.105. The third-order valence-electron chi connectivity index (χ3n) is 3.83. The molecule has 0 aliphatic rings. The summed E-state index contributed by atoms with van der Waals surface area (Å²) in [5.41, 5.74) is 3.08. The number of carbonyl (C=O) groups is 1. The third kappa shape index (κ3) is 3.64. The van der Waals surface area contributed by atoms with Crippen LogP contribution < -0.4 is 4.72 Å². The van der Waals surface area contributed by atoms with Crippen LogP contribution in [0.2, 0.25) is 0 Å². The largest absolute Gasteiger partial charge is 0.453 e. The van der Waals surface area contributed by atoms with Crippen molar-refractivity contribution in [2.24, 2.45) is 0 Å². The average molecular weight is 355 g/mol. The van der Waals surface area contributed by atoms with Gasteiger partial charge in [0.05, 0.1) is 10.6 Å². The summed E-state index contributed by atoms with van der Waals surface area (Å²) in [4.78, 5) is 10.8. The van der Waals surface area contributed by atoms with E-state index in [-0.39, 0.29) is 10.7 Å². The van der Waals surface area contributed by atoms with Crippen molar-refractivity contribution in [1.29, 1.82) is 0 Å². The molecule has 25 heavy (non-hydrogen) atoms. The lowest BCUT2D eigenvalue weighted by molar-refractivity contribution is 0.110. The summed E-state index contributed by atoms with van der Waals surface area (Å²) in [5.74, 6) is 0.733. The number of sulfonamides is 1. The molecule has 0 fully saturated rings. The highest BCUT2D eigenvalue weighted by molar-refractivity contribution is 7.92. The third-order valence-corrected chi connectivity index (χ3v) is 5.21. The van der Waals surface area contributed by atoms with E-state index in [0.29, 0.717) is 23.3 Å². The highest BCUT2D eigenvalue weighted by Crippen LogP contribution is 2.25. The highest BCUT2D eigenvalue weighted by Gasteiger charge is 2.16. The predicted octanol–water partition coefficient (Wildman–Crippen LogP) is 4.18. The zero-order valence-electron chi connectivity index (χ0n) is 13.8. The van der Waals surface area contributed by atoms with Crippen LogP contribution in [0.1, 0.15) is 21.7 Å². The molecule has 0 spiro atoms. The van der Waals surface area contributed by atoms with Gasteiger partial charge in [0.2, 0.25) is 0 Å². The first-order valence-corrected chi connectivity index (χ1v) is 9.13. The second-order valence-electron chi connectivity index (χ2n) is 5.77. The molecular weight excluding hydrogens is 338 g/mol. The zero-order valence-corrected chi connectivity index (χ0v) is 14.6. The number of aryl methyl sites for hydroxylation is 2. The zero-order chi connectivity index (χ0) is 18.0. The fourth-order valence-corrected chi connectivity index (χ4v) is 3.54. The number of hydrogen-bond donors (Lipinski definition) is 1. The molecule has 6 heteroatoms. The van der Waals surface area contributed by atoms with Crippen LogP contribution in [0.15, 0.2) is 63.9 Å². The van der Waals surface area contributed by atoms with E-state index in [2.05, 4.69) is 4.72 Å². The van der Waals surface area contributed by atoms with Crippen LogP contribution in [0.3, 0.4) is 0 Å². The molecule has 0 amide bonds. The number of anilines is 1. The lowest BCUT2D eigenvalue weighted by Crippen LogP contribution is -2.13. The smallest absolute Gasteiger partial charge is 0.261 e. The van der Waals surface area contributed by atoms with Crippen molar-refractivity contribution in [3.8, 4) is 11.3 Å². The number of nitrogens with one attached hydrogen (secondary N) is 1. The van der Waals surface area contributed by atoms with Crippen molar-refractivity contribution in [2.75, 3.05) is 4.72 Å². The minimum Gasteiger partial charge on any atom is -0.453 e. The molecule has 3 rings (SSSR count). The van der Waals surface area contributed by atoms with Crippen LogP contribution in [0.25, 0.3) is 11.3 Å². The van der Waals surface area contributed by atoms with Gasteiger partial charge in [0.15, 0.2) is 12.0 Å². The van der Waals surface area contributed by atoms with Gasteiger partial charge in [-0.15, -0.1) is 0 Å². The summed E-state index contributed by atoms with van der Waals surface area (Å²) < 4.78 is 33.1. The van der Waals surface area contributed by atoms with Crippen LogP contribution in [-0.4, -0.2) is 14.7 Å². The van der Waals surface area contributed by atoms with Gasteiger partial charge < -0.3 is 4.42 Å². The second kappa shape index (κ2) is 6.57. The topological polar surface area (TPSA) is 76.4 Å². The van der Waals surface area contributed by atoms with E-state index in [4.69, 9.17) is 4.42 Å². The van der Waals surface area contributed by atoms with Gasteiger partial charge in [-0.3, -0.25) is 9.52 Å². The predicted molar refractivity (Wildman–Crippen MR) is 96.3 cm³/mol. The Kier molecular flexibility index (Phi) is 4.46. The number of benzene rings is 2. The molecule has 2 aromatic carbocycles. The molecule has 3 aromatic rings. The Morgan fingerprint density at radius 1 is 0.960 bits per heavy atom. The van der Waals surface area contributed by atoms with Gasteiger partial charge in [-0.25, -0.2) is 8.42 Å². The van der Waals surface area contributed by atoms with Gasteiger partial charge in [0.25, 0.3) is 10.0 Å². The Hall–Kier alpha value is -2.86. The average Bonchev–Trinajstić information content (AvgIpc) is 3.07. The normalized spacial score (nSPS) is 11.3. The van der Waals surface area contributed by atoms with Gasteiger partial charge >= 0.3 is 0 Å². The maximum Gasteiger partial charge on any atom is 0.261 e. The van der Waals surface area contributed by atoms with Crippen molar-refractivity contribution in [1.82, 2.24) is 0 Å². The molecule has 0 bridgehead atoms. The molecular formula is C19H17NO4S. The van der Waals surface area contributed by atoms with E-state index in [1.54, 1.807) is 30.3 Å². The molecule has 0 unspecified atom stereocenters. The number of carbonyl (C=O) groups excluding carboxylic acids is 1. The first-order chi connectivity index (χ1) is 11.9. The minimum absolute atomic E-state index is 0.152. The van der Waals surface area contributed by atoms with Crippen molar-refractivity contribution in [3.05, 3.63) is 71.5 Å². The highest BCUT2D eigenvalue weighted by atomic mass is 32.2. The van der Waals surface area contributed by atoms with Crippen molar-refractivity contribution in [2.45, 2.75) is 18.7 Å². The molecule has 0 aliphatic carbocycles. The van der Waals surface area contributed by atoms with E-state index in [1.165, 1.54) is 12.1 Å². The fourth-order valence-electron chi connectivity index (χ4n) is 2.42. The number of rotatable bonds is 5. The van der Waals surface area contributed by atoms with Crippen LogP contribution in [0.4, 0.5) is 5.69 Å². The van der Waals surface area contributed by atoms with Gasteiger partial charge in [-0.1, -0.05) is 12.1 Å². The molecule has 0 atom stereocenters. The van der Waals surface area contributed by atoms with Crippen molar-refractivity contribution < 1.29 is 17.6 Å². The number of furan rings is 1. The van der Waals surface area contributed by atoms with Crippen LogP contribution >= 0.6 is 0 Å². The van der Waals surface area contributed by atoms with Crippen LogP contribution in [0, 0.1) is 13.8 Å². The lowest BCUT2D eigenvalue weighted by Gasteiger charge is -2.11.